The maximum Gasteiger partial charge on any atom is 0.119 e. The summed E-state index contributed by atoms with van der Waals surface area (Å²) in [5.74, 6) is 0.859. The van der Waals surface area contributed by atoms with E-state index in [9.17, 15) is 0 Å². The normalized spacial score (nSPS) is 10.4. The van der Waals surface area contributed by atoms with Crippen molar-refractivity contribution in [2.45, 2.75) is 20.1 Å². The topological polar surface area (TPSA) is 30.5 Å². The number of halogens is 1. The maximum atomic E-state index is 5.50. The SMILES string of the molecule is CCOCc1ccccc1NCc1cc(OC)ccc1Br. The first-order valence-electron chi connectivity index (χ1n) is 6.96. The molecular formula is C17H20BrNO2. The average molecular weight is 350 g/mol. The lowest BCUT2D eigenvalue weighted by Crippen LogP contribution is -2.04. The van der Waals surface area contributed by atoms with E-state index in [2.05, 4.69) is 33.4 Å². The quantitative estimate of drug-likeness (QED) is 0.791. The van der Waals surface area contributed by atoms with Crippen LogP contribution in [0.25, 0.3) is 0 Å². The molecule has 0 aliphatic heterocycles. The van der Waals surface area contributed by atoms with E-state index in [0.717, 1.165) is 34.6 Å². The molecule has 0 heterocycles. The molecule has 0 bridgehead atoms. The van der Waals surface area contributed by atoms with Crippen molar-refractivity contribution in [2.75, 3.05) is 19.0 Å². The third kappa shape index (κ3) is 4.48. The smallest absolute Gasteiger partial charge is 0.119 e. The zero-order valence-electron chi connectivity index (χ0n) is 12.4. The molecule has 0 aliphatic rings. The summed E-state index contributed by atoms with van der Waals surface area (Å²) < 4.78 is 11.8. The molecule has 0 atom stereocenters. The molecule has 0 saturated carbocycles. The van der Waals surface area contributed by atoms with Crippen LogP contribution in [0, 0.1) is 0 Å². The van der Waals surface area contributed by atoms with Gasteiger partial charge >= 0.3 is 0 Å². The van der Waals surface area contributed by atoms with Gasteiger partial charge in [-0.2, -0.15) is 0 Å². The minimum atomic E-state index is 0.624. The van der Waals surface area contributed by atoms with Gasteiger partial charge in [0.25, 0.3) is 0 Å². The van der Waals surface area contributed by atoms with E-state index < -0.39 is 0 Å². The van der Waals surface area contributed by atoms with Crippen LogP contribution in [0.4, 0.5) is 5.69 Å². The minimum Gasteiger partial charge on any atom is -0.497 e. The highest BCUT2D eigenvalue weighted by molar-refractivity contribution is 9.10. The number of benzene rings is 2. The summed E-state index contributed by atoms with van der Waals surface area (Å²) in [7, 11) is 1.68. The maximum absolute atomic E-state index is 5.50. The van der Waals surface area contributed by atoms with Crippen LogP contribution in [-0.4, -0.2) is 13.7 Å². The predicted molar refractivity (Wildman–Crippen MR) is 89.8 cm³/mol. The Balaban J connectivity index is 2.09. The van der Waals surface area contributed by atoms with Crippen LogP contribution in [0.3, 0.4) is 0 Å². The van der Waals surface area contributed by atoms with Crippen LogP contribution < -0.4 is 10.1 Å². The Kier molecular flexibility index (Phi) is 6.08. The Hall–Kier alpha value is -1.52. The molecule has 3 nitrogen and oxygen atoms in total. The highest BCUT2D eigenvalue weighted by atomic mass is 79.9. The fraction of sp³-hybridized carbons (Fsp3) is 0.294. The van der Waals surface area contributed by atoms with Crippen molar-refractivity contribution in [2.24, 2.45) is 0 Å². The third-order valence-corrected chi connectivity index (χ3v) is 3.97. The van der Waals surface area contributed by atoms with Crippen molar-refractivity contribution in [1.29, 1.82) is 0 Å². The molecule has 1 N–H and O–H groups in total. The summed E-state index contributed by atoms with van der Waals surface area (Å²) in [4.78, 5) is 0. The van der Waals surface area contributed by atoms with Gasteiger partial charge in [0.2, 0.25) is 0 Å². The molecule has 0 amide bonds. The van der Waals surface area contributed by atoms with Gasteiger partial charge in [-0.15, -0.1) is 0 Å². The number of hydrogen-bond donors (Lipinski definition) is 1. The number of anilines is 1. The van der Waals surface area contributed by atoms with Gasteiger partial charge in [0.1, 0.15) is 5.75 Å². The number of ether oxygens (including phenoxy) is 2. The molecule has 0 saturated heterocycles. The molecule has 0 radical (unpaired) electrons. The first-order chi connectivity index (χ1) is 10.2. The summed E-state index contributed by atoms with van der Waals surface area (Å²) in [6.45, 7) is 4.07. The monoisotopic (exact) mass is 349 g/mol. The molecule has 0 fully saturated rings. The fourth-order valence-corrected chi connectivity index (χ4v) is 2.42. The molecule has 0 unspecified atom stereocenters. The van der Waals surface area contributed by atoms with Gasteiger partial charge in [-0.25, -0.2) is 0 Å². The van der Waals surface area contributed by atoms with E-state index in [-0.39, 0.29) is 0 Å². The summed E-state index contributed by atoms with van der Waals surface area (Å²) >= 11 is 3.57. The zero-order valence-corrected chi connectivity index (χ0v) is 13.9. The Morgan fingerprint density at radius 1 is 1.10 bits per heavy atom. The summed E-state index contributed by atoms with van der Waals surface area (Å²) in [6, 6.07) is 14.2. The van der Waals surface area contributed by atoms with Gasteiger partial charge in [-0.05, 0) is 36.8 Å². The van der Waals surface area contributed by atoms with E-state index in [4.69, 9.17) is 9.47 Å². The lowest BCUT2D eigenvalue weighted by molar-refractivity contribution is 0.134. The Morgan fingerprint density at radius 3 is 2.67 bits per heavy atom. The highest BCUT2D eigenvalue weighted by Crippen LogP contribution is 2.24. The molecule has 112 valence electrons. The zero-order chi connectivity index (χ0) is 15.1. The number of para-hydroxylation sites is 1. The number of methoxy groups -OCH3 is 1. The van der Waals surface area contributed by atoms with Crippen molar-refractivity contribution in [1.82, 2.24) is 0 Å². The molecule has 2 aromatic carbocycles. The first kappa shape index (κ1) is 15.9. The molecule has 2 rings (SSSR count). The van der Waals surface area contributed by atoms with Crippen molar-refractivity contribution in [3.8, 4) is 5.75 Å². The molecular weight excluding hydrogens is 330 g/mol. The van der Waals surface area contributed by atoms with Crippen LogP contribution in [-0.2, 0) is 17.9 Å². The van der Waals surface area contributed by atoms with Crippen LogP contribution in [0.15, 0.2) is 46.9 Å². The second-order valence-electron chi connectivity index (χ2n) is 4.61. The minimum absolute atomic E-state index is 0.624. The first-order valence-corrected chi connectivity index (χ1v) is 7.75. The molecule has 2 aromatic rings. The lowest BCUT2D eigenvalue weighted by Gasteiger charge is -2.13. The second-order valence-corrected chi connectivity index (χ2v) is 5.46. The Bertz CT molecular complexity index is 587. The predicted octanol–water partition coefficient (Wildman–Crippen LogP) is 4.61. The van der Waals surface area contributed by atoms with Crippen LogP contribution in [0.5, 0.6) is 5.75 Å². The Morgan fingerprint density at radius 2 is 1.90 bits per heavy atom. The van der Waals surface area contributed by atoms with Gasteiger partial charge in [-0.3, -0.25) is 0 Å². The van der Waals surface area contributed by atoms with Crippen molar-refractivity contribution >= 4 is 21.6 Å². The standard InChI is InChI=1S/C17H20BrNO2/c1-3-21-12-13-6-4-5-7-17(13)19-11-14-10-15(20-2)8-9-16(14)18/h4-10,19H,3,11-12H2,1-2H3. The number of nitrogens with one attached hydrogen (secondary N) is 1. The molecule has 21 heavy (non-hydrogen) atoms. The second kappa shape index (κ2) is 8.05. The molecule has 0 aliphatic carbocycles. The Labute approximate surface area is 134 Å². The van der Waals surface area contributed by atoms with Crippen LogP contribution in [0.2, 0.25) is 0 Å². The van der Waals surface area contributed by atoms with Gasteiger partial charge in [0.15, 0.2) is 0 Å². The van der Waals surface area contributed by atoms with Gasteiger partial charge in [0, 0.05) is 28.9 Å². The summed E-state index contributed by atoms with van der Waals surface area (Å²) in [5, 5.41) is 3.47. The molecule has 4 heteroatoms. The number of hydrogen-bond acceptors (Lipinski definition) is 3. The van der Waals surface area contributed by atoms with Gasteiger partial charge < -0.3 is 14.8 Å². The fourth-order valence-electron chi connectivity index (χ4n) is 2.03. The van der Waals surface area contributed by atoms with Gasteiger partial charge in [-0.1, -0.05) is 34.1 Å². The average Bonchev–Trinajstić information content (AvgIpc) is 2.53. The van der Waals surface area contributed by atoms with Crippen LogP contribution >= 0.6 is 15.9 Å². The summed E-state index contributed by atoms with van der Waals surface area (Å²) in [5.41, 5.74) is 3.42. The largest absolute Gasteiger partial charge is 0.497 e. The van der Waals surface area contributed by atoms with E-state index in [0.29, 0.717) is 6.61 Å². The van der Waals surface area contributed by atoms with Crippen molar-refractivity contribution in [3.63, 3.8) is 0 Å². The van der Waals surface area contributed by atoms with Crippen molar-refractivity contribution in [3.05, 3.63) is 58.1 Å². The third-order valence-electron chi connectivity index (χ3n) is 3.20. The molecule has 0 aromatic heterocycles. The molecule has 0 spiro atoms. The van der Waals surface area contributed by atoms with Crippen LogP contribution in [0.1, 0.15) is 18.1 Å². The number of rotatable bonds is 7. The summed E-state index contributed by atoms with van der Waals surface area (Å²) in [6.07, 6.45) is 0. The van der Waals surface area contributed by atoms with E-state index in [1.165, 1.54) is 5.56 Å². The van der Waals surface area contributed by atoms with E-state index in [1.807, 2.05) is 37.3 Å². The van der Waals surface area contributed by atoms with E-state index in [1.54, 1.807) is 7.11 Å². The van der Waals surface area contributed by atoms with Gasteiger partial charge in [0.05, 0.1) is 13.7 Å². The highest BCUT2D eigenvalue weighted by Gasteiger charge is 2.05. The lowest BCUT2D eigenvalue weighted by atomic mass is 10.1. The van der Waals surface area contributed by atoms with Crippen molar-refractivity contribution < 1.29 is 9.47 Å². The van der Waals surface area contributed by atoms with E-state index >= 15 is 0 Å².